The molecule has 1 aliphatic heterocycles. The van der Waals surface area contributed by atoms with Gasteiger partial charge < -0.3 is 14.8 Å². The third kappa shape index (κ3) is 4.08. The van der Waals surface area contributed by atoms with E-state index in [1.807, 2.05) is 60.7 Å². The van der Waals surface area contributed by atoms with Gasteiger partial charge >= 0.3 is 0 Å². The molecule has 2 heterocycles. The number of nitrogens with zero attached hydrogens (tertiary/aromatic N) is 4. The highest BCUT2D eigenvalue weighted by molar-refractivity contribution is 7.99. The van der Waals surface area contributed by atoms with Crippen molar-refractivity contribution in [2.45, 2.75) is 5.16 Å². The second-order valence-electron chi connectivity index (χ2n) is 6.66. The predicted molar refractivity (Wildman–Crippen MR) is 117 cm³/mol. The van der Waals surface area contributed by atoms with Crippen LogP contribution in [0.15, 0.2) is 78.0 Å². The molecule has 0 unspecified atom stereocenters. The van der Waals surface area contributed by atoms with E-state index in [4.69, 9.17) is 9.47 Å². The summed E-state index contributed by atoms with van der Waals surface area (Å²) in [4.78, 5) is 12.6. The van der Waals surface area contributed by atoms with Crippen molar-refractivity contribution in [3.05, 3.63) is 72.8 Å². The van der Waals surface area contributed by atoms with E-state index in [1.54, 1.807) is 16.8 Å². The molecule has 5 rings (SSSR count). The lowest BCUT2D eigenvalue weighted by molar-refractivity contribution is -0.113. The van der Waals surface area contributed by atoms with Gasteiger partial charge in [-0.05, 0) is 34.2 Å². The van der Waals surface area contributed by atoms with Gasteiger partial charge in [-0.2, -0.15) is 4.68 Å². The number of para-hydroxylation sites is 1. The second kappa shape index (κ2) is 8.49. The zero-order valence-corrected chi connectivity index (χ0v) is 17.1. The molecule has 1 amide bonds. The fraction of sp³-hybridized carbons (Fsp3) is 0.0909. The number of fused-ring (bicyclic) bond motifs is 1. The molecule has 8 nitrogen and oxygen atoms in total. The number of ether oxygens (including phenoxy) is 2. The van der Waals surface area contributed by atoms with Gasteiger partial charge in [0.2, 0.25) is 17.9 Å². The maximum absolute atomic E-state index is 12.6. The topological polar surface area (TPSA) is 91.2 Å². The molecule has 0 atom stereocenters. The Morgan fingerprint density at radius 1 is 1.00 bits per heavy atom. The molecule has 0 spiro atoms. The molecule has 1 aromatic heterocycles. The van der Waals surface area contributed by atoms with Crippen molar-refractivity contribution >= 4 is 23.4 Å². The summed E-state index contributed by atoms with van der Waals surface area (Å²) in [5.41, 5.74) is 3.49. The number of hydrogen-bond donors (Lipinski definition) is 1. The minimum atomic E-state index is -0.145. The molecule has 31 heavy (non-hydrogen) atoms. The van der Waals surface area contributed by atoms with Crippen LogP contribution in [0.5, 0.6) is 11.5 Å². The molecule has 3 aromatic carbocycles. The van der Waals surface area contributed by atoms with Gasteiger partial charge in [-0.1, -0.05) is 60.3 Å². The van der Waals surface area contributed by atoms with Crippen molar-refractivity contribution in [2.75, 3.05) is 17.9 Å². The third-order valence-electron chi connectivity index (χ3n) is 4.66. The highest BCUT2D eigenvalue weighted by atomic mass is 32.2. The molecule has 1 aliphatic rings. The molecule has 9 heteroatoms. The summed E-state index contributed by atoms with van der Waals surface area (Å²) in [5.74, 6) is 1.34. The van der Waals surface area contributed by atoms with Crippen molar-refractivity contribution in [1.82, 2.24) is 20.2 Å². The number of tetrazole rings is 1. The molecule has 0 saturated carbocycles. The number of hydrogen-bond acceptors (Lipinski definition) is 7. The minimum absolute atomic E-state index is 0.145. The number of aromatic nitrogens is 4. The Labute approximate surface area is 182 Å². The van der Waals surface area contributed by atoms with Crippen LogP contribution in [0.3, 0.4) is 0 Å². The van der Waals surface area contributed by atoms with E-state index in [2.05, 4.69) is 20.8 Å². The average molecular weight is 431 g/mol. The molecule has 0 fully saturated rings. The van der Waals surface area contributed by atoms with Crippen LogP contribution in [0.25, 0.3) is 16.8 Å². The van der Waals surface area contributed by atoms with Crippen LogP contribution in [0.1, 0.15) is 0 Å². The molecular weight excluding hydrogens is 414 g/mol. The normalized spacial score (nSPS) is 12.0. The number of carbonyl (C=O) groups excluding carboxylic acids is 1. The Balaban J connectivity index is 1.28. The van der Waals surface area contributed by atoms with Gasteiger partial charge in [0.25, 0.3) is 0 Å². The molecule has 4 aromatic rings. The number of thioether (sulfide) groups is 1. The van der Waals surface area contributed by atoms with Crippen molar-refractivity contribution in [2.24, 2.45) is 0 Å². The Kier molecular flexibility index (Phi) is 5.24. The Morgan fingerprint density at radius 2 is 1.81 bits per heavy atom. The van der Waals surface area contributed by atoms with E-state index in [9.17, 15) is 4.79 Å². The summed E-state index contributed by atoms with van der Waals surface area (Å²) in [6.45, 7) is 0.195. The molecule has 0 aliphatic carbocycles. The first-order valence-electron chi connectivity index (χ1n) is 9.53. The highest BCUT2D eigenvalue weighted by Crippen LogP contribution is 2.34. The quantitative estimate of drug-likeness (QED) is 0.465. The maximum Gasteiger partial charge on any atom is 0.234 e. The van der Waals surface area contributed by atoms with Gasteiger partial charge in [0.15, 0.2) is 11.5 Å². The third-order valence-corrected chi connectivity index (χ3v) is 5.58. The Bertz CT molecular complexity index is 1230. The number of amides is 1. The van der Waals surface area contributed by atoms with Crippen molar-refractivity contribution in [3.8, 4) is 28.3 Å². The molecule has 0 radical (unpaired) electrons. The van der Waals surface area contributed by atoms with Crippen LogP contribution < -0.4 is 14.8 Å². The van der Waals surface area contributed by atoms with E-state index in [0.29, 0.717) is 16.7 Å². The van der Waals surface area contributed by atoms with E-state index < -0.39 is 0 Å². The van der Waals surface area contributed by atoms with Crippen LogP contribution in [0.4, 0.5) is 5.69 Å². The largest absolute Gasteiger partial charge is 0.454 e. The summed E-state index contributed by atoms with van der Waals surface area (Å²) >= 11 is 1.25. The highest BCUT2D eigenvalue weighted by Gasteiger charge is 2.17. The molecular formula is C22H17N5O3S. The SMILES string of the molecule is O=C(CSc1nnnn1-c1ccc2c(c1)OCO2)Nc1ccccc1-c1ccccc1. The number of anilines is 1. The van der Waals surface area contributed by atoms with Gasteiger partial charge in [0, 0.05) is 17.3 Å². The van der Waals surface area contributed by atoms with Crippen molar-refractivity contribution in [1.29, 1.82) is 0 Å². The van der Waals surface area contributed by atoms with Crippen molar-refractivity contribution < 1.29 is 14.3 Å². The van der Waals surface area contributed by atoms with Gasteiger partial charge in [-0.15, -0.1) is 5.10 Å². The summed E-state index contributed by atoms with van der Waals surface area (Å²) in [6, 6.07) is 23.1. The first-order chi connectivity index (χ1) is 15.3. The fourth-order valence-corrected chi connectivity index (χ4v) is 3.92. The number of rotatable bonds is 6. The number of nitrogens with one attached hydrogen (secondary N) is 1. The van der Waals surface area contributed by atoms with E-state index in [0.717, 1.165) is 22.5 Å². The molecule has 154 valence electrons. The van der Waals surface area contributed by atoms with E-state index >= 15 is 0 Å². The second-order valence-corrected chi connectivity index (χ2v) is 7.60. The number of carbonyl (C=O) groups is 1. The minimum Gasteiger partial charge on any atom is -0.454 e. The maximum atomic E-state index is 12.6. The molecule has 0 bridgehead atoms. The van der Waals surface area contributed by atoms with Gasteiger partial charge in [-0.3, -0.25) is 4.79 Å². The zero-order valence-electron chi connectivity index (χ0n) is 16.3. The Morgan fingerprint density at radius 3 is 2.71 bits per heavy atom. The standard InChI is InChI=1S/C22H17N5O3S/c28-21(23-18-9-5-4-8-17(18)15-6-2-1-3-7-15)13-31-22-24-25-26-27(22)16-10-11-19-20(12-16)30-14-29-19/h1-12H,13-14H2,(H,23,28). The lowest BCUT2D eigenvalue weighted by atomic mass is 10.0. The van der Waals surface area contributed by atoms with Crippen LogP contribution in [-0.2, 0) is 4.79 Å². The molecule has 1 N–H and O–H groups in total. The lowest BCUT2D eigenvalue weighted by Crippen LogP contribution is -2.15. The van der Waals surface area contributed by atoms with Crippen LogP contribution in [0, 0.1) is 0 Å². The van der Waals surface area contributed by atoms with Gasteiger partial charge in [0.1, 0.15) is 0 Å². The first kappa shape index (κ1) is 19.1. The van der Waals surface area contributed by atoms with Gasteiger partial charge in [0.05, 0.1) is 11.4 Å². The lowest BCUT2D eigenvalue weighted by Gasteiger charge is -2.11. The van der Waals surface area contributed by atoms with Crippen LogP contribution in [-0.4, -0.2) is 38.7 Å². The first-order valence-corrected chi connectivity index (χ1v) is 10.5. The van der Waals surface area contributed by atoms with Gasteiger partial charge in [-0.25, -0.2) is 0 Å². The summed E-state index contributed by atoms with van der Waals surface area (Å²) in [6.07, 6.45) is 0. The predicted octanol–water partition coefficient (Wildman–Crippen LogP) is 3.79. The number of benzene rings is 3. The smallest absolute Gasteiger partial charge is 0.234 e. The molecule has 0 saturated heterocycles. The summed E-state index contributed by atoms with van der Waals surface area (Å²) < 4.78 is 12.3. The van der Waals surface area contributed by atoms with Crippen LogP contribution >= 0.6 is 11.8 Å². The van der Waals surface area contributed by atoms with Crippen LogP contribution in [0.2, 0.25) is 0 Å². The fourth-order valence-electron chi connectivity index (χ4n) is 3.23. The van der Waals surface area contributed by atoms with E-state index in [1.165, 1.54) is 11.8 Å². The monoisotopic (exact) mass is 431 g/mol. The Hall–Kier alpha value is -3.85. The zero-order chi connectivity index (χ0) is 21.0. The van der Waals surface area contributed by atoms with Crippen molar-refractivity contribution in [3.63, 3.8) is 0 Å². The van der Waals surface area contributed by atoms with E-state index in [-0.39, 0.29) is 18.5 Å². The summed E-state index contributed by atoms with van der Waals surface area (Å²) in [7, 11) is 0. The average Bonchev–Trinajstić information content (AvgIpc) is 3.47. The summed E-state index contributed by atoms with van der Waals surface area (Å²) in [5, 5.41) is 15.3.